The van der Waals surface area contributed by atoms with Crippen LogP contribution in [0.1, 0.15) is 30.4 Å². The minimum atomic E-state index is -0.697. The average molecular weight is 346 g/mol. The van der Waals surface area contributed by atoms with E-state index in [9.17, 15) is 17.6 Å². The summed E-state index contributed by atoms with van der Waals surface area (Å²) in [6.07, 6.45) is 2.26. The summed E-state index contributed by atoms with van der Waals surface area (Å²) < 4.78 is 50.9. The van der Waals surface area contributed by atoms with Gasteiger partial charge in [-0.1, -0.05) is 12.1 Å². The van der Waals surface area contributed by atoms with Crippen molar-refractivity contribution in [2.45, 2.75) is 31.1 Å². The van der Waals surface area contributed by atoms with Crippen LogP contribution in [0.3, 0.4) is 0 Å². The molecule has 128 valence electrons. The van der Waals surface area contributed by atoms with E-state index >= 15 is 0 Å². The quantitative estimate of drug-likeness (QED) is 0.723. The number of nitriles is 2. The Morgan fingerprint density at radius 1 is 0.880 bits per heavy atom. The van der Waals surface area contributed by atoms with Gasteiger partial charge in [-0.25, -0.2) is 17.6 Å². The molecule has 0 atom stereocenters. The summed E-state index contributed by atoms with van der Waals surface area (Å²) in [6, 6.07) is 10.5. The highest BCUT2D eigenvalue weighted by Crippen LogP contribution is 2.44. The van der Waals surface area contributed by atoms with Crippen molar-refractivity contribution in [3.05, 3.63) is 70.8 Å². The molecule has 1 aliphatic carbocycles. The Morgan fingerprint density at radius 3 is 1.92 bits per heavy atom. The van der Waals surface area contributed by atoms with Gasteiger partial charge in [-0.2, -0.15) is 10.5 Å². The molecule has 6 heteroatoms. The molecule has 0 N–H and O–H groups in total. The predicted molar refractivity (Wildman–Crippen MR) is 83.2 cm³/mol. The van der Waals surface area contributed by atoms with Gasteiger partial charge in [-0.15, -0.1) is 0 Å². The van der Waals surface area contributed by atoms with Crippen LogP contribution in [0.5, 0.6) is 0 Å². The third-order valence-corrected chi connectivity index (χ3v) is 4.15. The molecule has 1 saturated carbocycles. The van der Waals surface area contributed by atoms with Crippen LogP contribution in [0.15, 0.2) is 36.4 Å². The fourth-order valence-corrected chi connectivity index (χ4v) is 2.60. The zero-order valence-corrected chi connectivity index (χ0v) is 13.2. The molecular weight excluding hydrogens is 332 g/mol. The predicted octanol–water partition coefficient (Wildman–Crippen LogP) is 4.94. The zero-order valence-electron chi connectivity index (χ0n) is 13.2. The molecule has 0 saturated heterocycles. The van der Waals surface area contributed by atoms with Gasteiger partial charge in [0, 0.05) is 23.3 Å². The van der Waals surface area contributed by atoms with Gasteiger partial charge in [-0.05, 0) is 31.4 Å². The molecule has 3 rings (SSSR count). The van der Waals surface area contributed by atoms with Gasteiger partial charge in [0.25, 0.3) is 0 Å². The first-order valence-electron chi connectivity index (χ1n) is 7.59. The van der Waals surface area contributed by atoms with Crippen molar-refractivity contribution in [1.82, 2.24) is 0 Å². The van der Waals surface area contributed by atoms with Gasteiger partial charge in [0.05, 0.1) is 24.0 Å². The molecule has 2 aromatic rings. The normalized spacial score (nSPS) is 14.3. The molecule has 0 unspecified atom stereocenters. The molecule has 0 amide bonds. The van der Waals surface area contributed by atoms with Crippen LogP contribution in [0.25, 0.3) is 0 Å². The van der Waals surface area contributed by atoms with Crippen molar-refractivity contribution < 1.29 is 17.6 Å². The molecular formula is C19H14F4N2. The van der Waals surface area contributed by atoms with E-state index in [1.54, 1.807) is 6.07 Å². The van der Waals surface area contributed by atoms with Crippen LogP contribution >= 0.6 is 0 Å². The Labute approximate surface area is 142 Å². The van der Waals surface area contributed by atoms with E-state index in [0.717, 1.165) is 24.6 Å². The van der Waals surface area contributed by atoms with Crippen molar-refractivity contribution in [1.29, 1.82) is 10.5 Å². The van der Waals surface area contributed by atoms with Crippen LogP contribution in [0, 0.1) is 45.9 Å². The molecule has 1 fully saturated rings. The third kappa shape index (κ3) is 4.16. The van der Waals surface area contributed by atoms with Crippen LogP contribution < -0.4 is 0 Å². The smallest absolute Gasteiger partial charge is 0.130 e. The maximum absolute atomic E-state index is 13.4. The Kier molecular flexibility index (Phi) is 5.77. The number of hydrogen-bond acceptors (Lipinski definition) is 2. The lowest BCUT2D eigenvalue weighted by Gasteiger charge is -2.35. The second kappa shape index (κ2) is 7.81. The molecule has 0 aliphatic heterocycles. The topological polar surface area (TPSA) is 47.6 Å². The van der Waals surface area contributed by atoms with E-state index < -0.39 is 28.7 Å². The largest absolute Gasteiger partial charge is 0.207 e. The molecule has 0 aromatic heterocycles. The zero-order chi connectivity index (χ0) is 18.4. The Bertz CT molecular complexity index is 845. The molecule has 25 heavy (non-hydrogen) atoms. The van der Waals surface area contributed by atoms with E-state index in [-0.39, 0.29) is 12.0 Å². The third-order valence-electron chi connectivity index (χ3n) is 4.15. The van der Waals surface area contributed by atoms with E-state index in [1.807, 2.05) is 0 Å². The minimum Gasteiger partial charge on any atom is -0.207 e. The van der Waals surface area contributed by atoms with Gasteiger partial charge in [-0.3, -0.25) is 0 Å². The number of rotatable bonds is 2. The summed E-state index contributed by atoms with van der Waals surface area (Å²) in [7, 11) is 0. The summed E-state index contributed by atoms with van der Waals surface area (Å²) in [5.41, 5.74) is -0.126. The second-order valence-electron chi connectivity index (χ2n) is 5.74. The lowest BCUT2D eigenvalue weighted by atomic mass is 9.65. The first kappa shape index (κ1) is 18.5. The Balaban J connectivity index is 0.000000186. The SMILES string of the molecule is N#CC1(c2ccc(F)cc2F)CCC1.N#CCc1ccc(F)cc1F. The first-order valence-corrected chi connectivity index (χ1v) is 7.59. The molecule has 0 radical (unpaired) electrons. The number of nitrogens with zero attached hydrogens (tertiary/aromatic N) is 2. The van der Waals surface area contributed by atoms with Crippen LogP contribution in [-0.2, 0) is 11.8 Å². The summed E-state index contributed by atoms with van der Waals surface area (Å²) >= 11 is 0. The van der Waals surface area contributed by atoms with Crippen LogP contribution in [-0.4, -0.2) is 0 Å². The lowest BCUT2D eigenvalue weighted by molar-refractivity contribution is 0.312. The molecule has 1 aliphatic rings. The van der Waals surface area contributed by atoms with Gasteiger partial charge >= 0.3 is 0 Å². The fourth-order valence-electron chi connectivity index (χ4n) is 2.60. The summed E-state index contributed by atoms with van der Waals surface area (Å²) in [5, 5.41) is 17.2. The molecule has 0 spiro atoms. The maximum Gasteiger partial charge on any atom is 0.130 e. The molecule has 2 aromatic carbocycles. The van der Waals surface area contributed by atoms with E-state index in [0.29, 0.717) is 18.4 Å². The van der Waals surface area contributed by atoms with E-state index in [1.165, 1.54) is 18.2 Å². The van der Waals surface area contributed by atoms with Crippen molar-refractivity contribution in [2.75, 3.05) is 0 Å². The number of benzene rings is 2. The first-order chi connectivity index (χ1) is 11.9. The van der Waals surface area contributed by atoms with Crippen LogP contribution in [0.2, 0.25) is 0 Å². The summed E-state index contributed by atoms with van der Waals surface area (Å²) in [6.45, 7) is 0. The monoisotopic (exact) mass is 346 g/mol. The van der Waals surface area contributed by atoms with Gasteiger partial charge in [0.1, 0.15) is 23.3 Å². The Morgan fingerprint density at radius 2 is 1.48 bits per heavy atom. The highest BCUT2D eigenvalue weighted by atomic mass is 19.1. The Hall–Kier alpha value is -2.86. The molecule has 2 nitrogen and oxygen atoms in total. The molecule has 0 bridgehead atoms. The highest BCUT2D eigenvalue weighted by molar-refractivity contribution is 5.36. The summed E-state index contributed by atoms with van der Waals surface area (Å²) in [5.74, 6) is -2.49. The van der Waals surface area contributed by atoms with E-state index in [2.05, 4.69) is 6.07 Å². The second-order valence-corrected chi connectivity index (χ2v) is 5.74. The average Bonchev–Trinajstić information content (AvgIpc) is 2.52. The van der Waals surface area contributed by atoms with Crippen molar-refractivity contribution in [3.63, 3.8) is 0 Å². The van der Waals surface area contributed by atoms with Crippen LogP contribution in [0.4, 0.5) is 17.6 Å². The minimum absolute atomic E-state index is 0.0217. The van der Waals surface area contributed by atoms with Gasteiger partial charge < -0.3 is 0 Å². The highest BCUT2D eigenvalue weighted by Gasteiger charge is 2.40. The van der Waals surface area contributed by atoms with Crippen molar-refractivity contribution in [3.8, 4) is 12.1 Å². The van der Waals surface area contributed by atoms with Crippen molar-refractivity contribution >= 4 is 0 Å². The number of hydrogen-bond donors (Lipinski definition) is 0. The number of halogens is 4. The summed E-state index contributed by atoms with van der Waals surface area (Å²) in [4.78, 5) is 0. The fraction of sp³-hybridized carbons (Fsp3) is 0.263. The standard InChI is InChI=1S/C11H9F2N.C8H5F2N/c12-8-2-3-9(10(13)6-8)11(7-14)4-1-5-11;9-7-2-1-6(3-4-11)8(10)5-7/h2-3,6H,1,4-5H2;1-2,5H,3H2. The lowest BCUT2D eigenvalue weighted by Crippen LogP contribution is -2.33. The molecule has 0 heterocycles. The van der Waals surface area contributed by atoms with E-state index in [4.69, 9.17) is 10.5 Å². The maximum atomic E-state index is 13.4. The van der Waals surface area contributed by atoms with Gasteiger partial charge in [0.2, 0.25) is 0 Å². The van der Waals surface area contributed by atoms with Gasteiger partial charge in [0.15, 0.2) is 0 Å². The van der Waals surface area contributed by atoms with Crippen molar-refractivity contribution in [2.24, 2.45) is 0 Å².